The first kappa shape index (κ1) is 16.9. The number of aromatic nitrogens is 3. The van der Waals surface area contributed by atoms with Crippen LogP contribution in [0.5, 0.6) is 5.75 Å². The largest absolute Gasteiger partial charge is 0.496 e. The molecule has 0 saturated heterocycles. The molecule has 0 spiro atoms. The second kappa shape index (κ2) is 7.29. The number of carboxylic acid groups (broad SMARTS) is 1. The summed E-state index contributed by atoms with van der Waals surface area (Å²) in [4.78, 5) is 29.5. The van der Waals surface area contributed by atoms with E-state index in [0.717, 1.165) is 11.3 Å². The first-order valence-electron chi connectivity index (χ1n) is 7.50. The number of aromatic carboxylic acids is 1. The van der Waals surface area contributed by atoms with Crippen molar-refractivity contribution in [3.05, 3.63) is 53.5 Å². The van der Waals surface area contributed by atoms with E-state index < -0.39 is 5.97 Å². The van der Waals surface area contributed by atoms with Crippen LogP contribution in [0.2, 0.25) is 0 Å². The minimum atomic E-state index is -1.03. The average molecular weight is 343 g/mol. The Morgan fingerprint density at radius 2 is 2.08 bits per heavy atom. The lowest BCUT2D eigenvalue weighted by Crippen LogP contribution is -2.06. The van der Waals surface area contributed by atoms with Crippen LogP contribution in [0.25, 0.3) is 11.5 Å². The highest BCUT2D eigenvalue weighted by atomic mass is 17.2. The molecule has 2 heterocycles. The summed E-state index contributed by atoms with van der Waals surface area (Å²) < 4.78 is 7.10. The van der Waals surface area contributed by atoms with Crippen molar-refractivity contribution in [1.29, 1.82) is 0 Å². The van der Waals surface area contributed by atoms with Gasteiger partial charge in [0.15, 0.2) is 11.6 Å². The van der Waals surface area contributed by atoms with E-state index in [0.29, 0.717) is 23.9 Å². The van der Waals surface area contributed by atoms with Crippen LogP contribution in [0.15, 0.2) is 36.5 Å². The number of carboxylic acids is 1. The second-order valence-electron chi connectivity index (χ2n) is 5.25. The molecule has 130 valence electrons. The van der Waals surface area contributed by atoms with Crippen LogP contribution in [-0.4, -0.2) is 39.8 Å². The first-order valence-corrected chi connectivity index (χ1v) is 7.50. The molecule has 2 aliphatic rings. The zero-order valence-corrected chi connectivity index (χ0v) is 13.8. The monoisotopic (exact) mass is 343 g/mol. The van der Waals surface area contributed by atoms with Crippen molar-refractivity contribution in [2.24, 2.45) is 0 Å². The van der Waals surface area contributed by atoms with E-state index >= 15 is 0 Å². The Labute approximate surface area is 143 Å². The van der Waals surface area contributed by atoms with E-state index in [2.05, 4.69) is 14.9 Å². The molecule has 0 aromatic heterocycles. The van der Waals surface area contributed by atoms with Crippen molar-refractivity contribution in [3.8, 4) is 17.3 Å². The van der Waals surface area contributed by atoms with Gasteiger partial charge in [0.2, 0.25) is 0 Å². The summed E-state index contributed by atoms with van der Waals surface area (Å²) in [7, 11) is 2.88. The highest BCUT2D eigenvalue weighted by molar-refractivity contribution is 5.91. The molecule has 1 N–H and O–H groups in total. The molecule has 0 atom stereocenters. The number of pyridine rings is 1. The maximum atomic E-state index is 11.2. The van der Waals surface area contributed by atoms with Crippen LogP contribution in [0, 0.1) is 0 Å². The maximum Gasteiger partial charge on any atom is 0.339 e. The van der Waals surface area contributed by atoms with E-state index in [1.165, 1.54) is 20.3 Å². The molecule has 3 rings (SSSR count). The van der Waals surface area contributed by atoms with Crippen LogP contribution in [-0.2, 0) is 22.9 Å². The number of fused-ring (bicyclic) bond motifs is 1. The molecule has 0 unspecified atom stereocenters. The second-order valence-corrected chi connectivity index (χ2v) is 5.25. The Kier molecular flexibility index (Phi) is 4.92. The van der Waals surface area contributed by atoms with Gasteiger partial charge >= 0.3 is 5.97 Å². The van der Waals surface area contributed by atoms with E-state index in [4.69, 9.17) is 14.7 Å². The van der Waals surface area contributed by atoms with Gasteiger partial charge in [-0.05, 0) is 29.8 Å². The SMILES string of the molecule is COOCc1nc2cccn(Cc3ccc(C(=O)O)c(OC)c3)c-2n1. The number of carbonyl (C=O) groups is 1. The fraction of sp³-hybridized carbons (Fsp3) is 0.235. The van der Waals surface area contributed by atoms with Gasteiger partial charge in [0, 0.05) is 12.7 Å². The Hall–Kier alpha value is -2.97. The van der Waals surface area contributed by atoms with Crippen LogP contribution in [0.1, 0.15) is 21.7 Å². The van der Waals surface area contributed by atoms with Gasteiger partial charge in [-0.15, -0.1) is 0 Å². The Morgan fingerprint density at radius 3 is 2.80 bits per heavy atom. The Balaban J connectivity index is 1.90. The molecule has 0 amide bonds. The number of hydrogen-bond donors (Lipinski definition) is 1. The number of rotatable bonds is 7. The van der Waals surface area contributed by atoms with Crippen molar-refractivity contribution in [3.63, 3.8) is 0 Å². The van der Waals surface area contributed by atoms with Gasteiger partial charge < -0.3 is 14.4 Å². The smallest absolute Gasteiger partial charge is 0.339 e. The van der Waals surface area contributed by atoms with Gasteiger partial charge in [0.25, 0.3) is 0 Å². The number of benzene rings is 1. The molecule has 8 nitrogen and oxygen atoms in total. The van der Waals surface area contributed by atoms with Gasteiger partial charge in [-0.1, -0.05) is 6.07 Å². The predicted molar refractivity (Wildman–Crippen MR) is 87.5 cm³/mol. The lowest BCUT2D eigenvalue weighted by Gasteiger charge is -2.12. The molecule has 2 aliphatic heterocycles. The fourth-order valence-electron chi connectivity index (χ4n) is 2.54. The fourth-order valence-corrected chi connectivity index (χ4v) is 2.54. The lowest BCUT2D eigenvalue weighted by molar-refractivity contribution is -0.283. The van der Waals surface area contributed by atoms with Crippen molar-refractivity contribution < 1.29 is 24.4 Å². The van der Waals surface area contributed by atoms with Gasteiger partial charge in [-0.2, -0.15) is 0 Å². The summed E-state index contributed by atoms with van der Waals surface area (Å²) >= 11 is 0. The molecule has 0 aliphatic carbocycles. The Morgan fingerprint density at radius 1 is 1.24 bits per heavy atom. The van der Waals surface area contributed by atoms with E-state index in [9.17, 15) is 4.79 Å². The minimum absolute atomic E-state index is 0.126. The van der Waals surface area contributed by atoms with E-state index in [1.807, 2.05) is 22.9 Å². The molecule has 0 bridgehead atoms. The number of hydrogen-bond acceptors (Lipinski definition) is 6. The standard InChI is InChI=1S/C17H17N3O5/c1-23-14-8-11(5-6-12(14)17(21)22)9-20-7-3-4-13-16(20)19-15(18-13)10-25-24-2/h3-8H,9-10H2,1-2H3,(H,21,22). The molecular weight excluding hydrogens is 326 g/mol. The summed E-state index contributed by atoms with van der Waals surface area (Å²) in [5.41, 5.74) is 1.75. The minimum Gasteiger partial charge on any atom is -0.496 e. The third-order valence-corrected chi connectivity index (χ3v) is 3.66. The molecule has 1 aromatic carbocycles. The third-order valence-electron chi connectivity index (χ3n) is 3.66. The van der Waals surface area contributed by atoms with Crippen molar-refractivity contribution >= 4 is 5.97 Å². The molecular formula is C17H17N3O5. The van der Waals surface area contributed by atoms with Gasteiger partial charge in [0.05, 0.1) is 14.2 Å². The first-order chi connectivity index (χ1) is 12.1. The van der Waals surface area contributed by atoms with Gasteiger partial charge in [-0.25, -0.2) is 24.5 Å². The number of methoxy groups -OCH3 is 1. The predicted octanol–water partition coefficient (Wildman–Crippen LogP) is 2.22. The zero-order chi connectivity index (χ0) is 17.8. The lowest BCUT2D eigenvalue weighted by atomic mass is 10.1. The quantitative estimate of drug-likeness (QED) is 0.519. The molecule has 25 heavy (non-hydrogen) atoms. The molecule has 1 aromatic rings. The molecule has 0 fully saturated rings. The van der Waals surface area contributed by atoms with Crippen LogP contribution in [0.4, 0.5) is 0 Å². The average Bonchev–Trinajstić information content (AvgIpc) is 3.03. The summed E-state index contributed by atoms with van der Waals surface area (Å²) in [5.74, 6) is 0.525. The number of ether oxygens (including phenoxy) is 1. The van der Waals surface area contributed by atoms with E-state index in [1.54, 1.807) is 12.1 Å². The van der Waals surface area contributed by atoms with Crippen LogP contribution >= 0.6 is 0 Å². The van der Waals surface area contributed by atoms with E-state index in [-0.39, 0.29) is 12.2 Å². The normalized spacial score (nSPS) is 11.0. The van der Waals surface area contributed by atoms with Crippen LogP contribution in [0.3, 0.4) is 0 Å². The summed E-state index contributed by atoms with van der Waals surface area (Å²) in [5, 5.41) is 9.17. The Bertz CT molecular complexity index is 861. The highest BCUT2D eigenvalue weighted by Gasteiger charge is 2.16. The van der Waals surface area contributed by atoms with Crippen molar-refractivity contribution in [2.75, 3.05) is 14.2 Å². The van der Waals surface area contributed by atoms with Gasteiger partial charge in [0.1, 0.15) is 23.6 Å². The topological polar surface area (TPSA) is 95.7 Å². The zero-order valence-electron chi connectivity index (χ0n) is 13.8. The summed E-state index contributed by atoms with van der Waals surface area (Å²) in [6, 6.07) is 8.74. The molecule has 0 radical (unpaired) electrons. The van der Waals surface area contributed by atoms with Crippen molar-refractivity contribution in [1.82, 2.24) is 14.5 Å². The highest BCUT2D eigenvalue weighted by Crippen LogP contribution is 2.24. The maximum absolute atomic E-state index is 11.2. The third kappa shape index (κ3) is 3.59. The van der Waals surface area contributed by atoms with Gasteiger partial charge in [-0.3, -0.25) is 0 Å². The summed E-state index contributed by atoms with van der Waals surface area (Å²) in [6.45, 7) is 0.656. The van der Waals surface area contributed by atoms with Crippen LogP contribution < -0.4 is 4.74 Å². The van der Waals surface area contributed by atoms with Crippen molar-refractivity contribution in [2.45, 2.75) is 13.2 Å². The molecule has 0 saturated carbocycles. The summed E-state index contributed by atoms with van der Waals surface area (Å²) in [6.07, 6.45) is 1.88. The molecule has 8 heteroatoms. The number of imidazole rings is 1. The number of nitrogens with zero attached hydrogens (tertiary/aromatic N) is 3.